The van der Waals surface area contributed by atoms with E-state index < -0.39 is 0 Å². The molecule has 174 valence electrons. The number of hydrogen-bond acceptors (Lipinski definition) is 6. The van der Waals surface area contributed by atoms with Gasteiger partial charge in [0, 0.05) is 41.8 Å². The van der Waals surface area contributed by atoms with Gasteiger partial charge in [0.15, 0.2) is 0 Å². The summed E-state index contributed by atoms with van der Waals surface area (Å²) in [4.78, 5) is 21.4. The molecule has 0 aliphatic rings. The van der Waals surface area contributed by atoms with Gasteiger partial charge >= 0.3 is 0 Å². The van der Waals surface area contributed by atoms with Crippen LogP contribution in [0, 0.1) is 17.2 Å². The maximum Gasteiger partial charge on any atom is 0.268 e. The molecule has 34 heavy (non-hydrogen) atoms. The van der Waals surface area contributed by atoms with Crippen LogP contribution in [0.15, 0.2) is 60.4 Å². The molecule has 2 N–H and O–H groups in total. The van der Waals surface area contributed by atoms with Gasteiger partial charge < -0.3 is 4.57 Å². The molecule has 4 aromatic rings. The minimum absolute atomic E-state index is 0.198. The number of likely N-dealkylation sites (N-methyl/N-ethyl adjacent to an activating group) is 1. The first-order chi connectivity index (χ1) is 16.4. The third kappa shape index (κ3) is 5.42. The zero-order chi connectivity index (χ0) is 24.1. The summed E-state index contributed by atoms with van der Waals surface area (Å²) in [5.41, 5.74) is 3.48. The predicted molar refractivity (Wildman–Crippen MR) is 136 cm³/mol. The summed E-state index contributed by atoms with van der Waals surface area (Å²) in [6.07, 6.45) is 5.53. The van der Waals surface area contributed by atoms with Crippen LogP contribution in [0.3, 0.4) is 0 Å². The fraction of sp³-hybridized carbons (Fsp3) is 0.280. The molecule has 0 unspecified atom stereocenters. The molecule has 0 spiro atoms. The van der Waals surface area contributed by atoms with Crippen LogP contribution < -0.4 is 5.32 Å². The molecule has 0 radical (unpaired) electrons. The van der Waals surface area contributed by atoms with Crippen LogP contribution >= 0.6 is 11.3 Å². The SMILES string of the molecule is CC(C)C=C(C#N)CN(C)CCn1c(NC(=O)c2ccc(-c3cn[nH]c3)s2)nc2ccccc21. The Hall–Kier alpha value is -3.74. The summed E-state index contributed by atoms with van der Waals surface area (Å²) < 4.78 is 2.02. The highest BCUT2D eigenvalue weighted by atomic mass is 32.1. The van der Waals surface area contributed by atoms with Crippen molar-refractivity contribution in [3.8, 4) is 16.5 Å². The van der Waals surface area contributed by atoms with Gasteiger partial charge in [-0.1, -0.05) is 32.1 Å². The Morgan fingerprint density at radius 1 is 1.32 bits per heavy atom. The minimum atomic E-state index is -0.198. The number of nitriles is 1. The van der Waals surface area contributed by atoms with Crippen molar-refractivity contribution in [1.82, 2.24) is 24.6 Å². The van der Waals surface area contributed by atoms with Gasteiger partial charge in [-0.05, 0) is 37.2 Å². The quantitative estimate of drug-likeness (QED) is 0.341. The molecule has 4 rings (SSSR count). The van der Waals surface area contributed by atoms with Crippen molar-refractivity contribution in [3.05, 3.63) is 65.3 Å². The van der Waals surface area contributed by atoms with E-state index in [1.807, 2.05) is 54.1 Å². The van der Waals surface area contributed by atoms with Gasteiger partial charge in [0.1, 0.15) is 0 Å². The molecule has 0 bridgehead atoms. The van der Waals surface area contributed by atoms with Gasteiger partial charge in [-0.2, -0.15) is 10.4 Å². The minimum Gasteiger partial charge on any atom is -0.309 e. The molecule has 1 aromatic carbocycles. The molecule has 9 heteroatoms. The highest BCUT2D eigenvalue weighted by Gasteiger charge is 2.17. The molecule has 0 fully saturated rings. The number of amides is 1. The number of imidazole rings is 1. The molecule has 0 aliphatic carbocycles. The number of allylic oxidation sites excluding steroid dienone is 1. The zero-order valence-electron chi connectivity index (χ0n) is 19.4. The molecule has 3 aromatic heterocycles. The van der Waals surface area contributed by atoms with Gasteiger partial charge in [-0.25, -0.2) is 4.98 Å². The van der Waals surface area contributed by atoms with Crippen molar-refractivity contribution in [2.75, 3.05) is 25.5 Å². The number of carbonyl (C=O) groups excluding carboxylic acids is 1. The van der Waals surface area contributed by atoms with E-state index in [9.17, 15) is 10.1 Å². The largest absolute Gasteiger partial charge is 0.309 e. The Kier molecular flexibility index (Phi) is 7.21. The van der Waals surface area contributed by atoms with E-state index in [-0.39, 0.29) is 5.91 Å². The van der Waals surface area contributed by atoms with Gasteiger partial charge in [-0.3, -0.25) is 20.1 Å². The third-order valence-electron chi connectivity index (χ3n) is 5.32. The number of aromatic amines is 1. The molecule has 1 amide bonds. The number of carbonyl (C=O) groups is 1. The molecule has 0 saturated carbocycles. The number of thiophene rings is 1. The fourth-order valence-electron chi connectivity index (χ4n) is 3.73. The molecule has 3 heterocycles. The summed E-state index contributed by atoms with van der Waals surface area (Å²) in [5, 5.41) is 19.2. The normalized spacial score (nSPS) is 11.9. The van der Waals surface area contributed by atoms with Crippen molar-refractivity contribution in [2.45, 2.75) is 20.4 Å². The summed E-state index contributed by atoms with van der Waals surface area (Å²) in [7, 11) is 1.99. The van der Waals surface area contributed by atoms with Crippen LogP contribution in [0.1, 0.15) is 23.5 Å². The number of hydrogen-bond donors (Lipinski definition) is 2. The number of rotatable bonds is 9. The summed E-state index contributed by atoms with van der Waals surface area (Å²) in [6, 6.07) is 13.9. The summed E-state index contributed by atoms with van der Waals surface area (Å²) in [5.74, 6) is 0.640. The second-order valence-corrected chi connectivity index (χ2v) is 9.55. The van der Waals surface area contributed by atoms with Gasteiger partial charge in [0.2, 0.25) is 5.95 Å². The fourth-order valence-corrected chi connectivity index (χ4v) is 4.61. The monoisotopic (exact) mass is 473 g/mol. The second-order valence-electron chi connectivity index (χ2n) is 8.47. The standard InChI is InChI=1S/C25H27N7OS/c1-17(2)12-18(13-26)16-31(3)10-11-32-21-7-5-4-6-20(21)29-25(32)30-24(33)23-9-8-22(34-23)19-14-27-28-15-19/h4-9,12,14-15,17H,10-11,16H2,1-3H3,(H,27,28)(H,29,30,33). The Balaban J connectivity index is 1.51. The topological polar surface area (TPSA) is 103 Å². The Morgan fingerprint density at radius 3 is 2.88 bits per heavy atom. The molecule has 8 nitrogen and oxygen atoms in total. The van der Waals surface area contributed by atoms with Gasteiger partial charge in [0.05, 0.1) is 28.2 Å². The van der Waals surface area contributed by atoms with Crippen molar-refractivity contribution in [2.24, 2.45) is 5.92 Å². The Morgan fingerprint density at radius 2 is 2.15 bits per heavy atom. The van der Waals surface area contributed by atoms with E-state index in [1.54, 1.807) is 12.4 Å². The van der Waals surface area contributed by atoms with Crippen LogP contribution in [-0.2, 0) is 6.54 Å². The van der Waals surface area contributed by atoms with E-state index in [1.165, 1.54) is 11.3 Å². The van der Waals surface area contributed by atoms with E-state index in [0.29, 0.717) is 36.4 Å². The van der Waals surface area contributed by atoms with Crippen LogP contribution in [0.2, 0.25) is 0 Å². The lowest BCUT2D eigenvalue weighted by molar-refractivity contribution is 0.102. The lowest BCUT2D eigenvalue weighted by Gasteiger charge is -2.18. The predicted octanol–water partition coefficient (Wildman–Crippen LogP) is 4.78. The highest BCUT2D eigenvalue weighted by Crippen LogP contribution is 2.28. The molecule has 0 aliphatic heterocycles. The first-order valence-electron chi connectivity index (χ1n) is 11.1. The molecule has 0 atom stereocenters. The number of fused-ring (bicyclic) bond motifs is 1. The zero-order valence-corrected chi connectivity index (χ0v) is 20.3. The van der Waals surface area contributed by atoms with Gasteiger partial charge in [-0.15, -0.1) is 11.3 Å². The lowest BCUT2D eigenvalue weighted by atomic mass is 10.1. The Bertz CT molecular complexity index is 1340. The van der Waals surface area contributed by atoms with Crippen molar-refractivity contribution in [1.29, 1.82) is 5.26 Å². The van der Waals surface area contributed by atoms with Crippen LogP contribution in [0.25, 0.3) is 21.5 Å². The first-order valence-corrected chi connectivity index (χ1v) is 11.9. The van der Waals surface area contributed by atoms with E-state index in [0.717, 1.165) is 27.0 Å². The smallest absolute Gasteiger partial charge is 0.268 e. The van der Waals surface area contributed by atoms with Crippen LogP contribution in [0.5, 0.6) is 0 Å². The van der Waals surface area contributed by atoms with Crippen molar-refractivity contribution in [3.63, 3.8) is 0 Å². The number of anilines is 1. The maximum atomic E-state index is 13.0. The molecular formula is C25H27N7OS. The molecule has 0 saturated heterocycles. The Labute approximate surface area is 202 Å². The maximum absolute atomic E-state index is 13.0. The summed E-state index contributed by atoms with van der Waals surface area (Å²) in [6.45, 7) is 6.03. The number of para-hydroxylation sites is 2. The lowest BCUT2D eigenvalue weighted by Crippen LogP contribution is -2.26. The van der Waals surface area contributed by atoms with Crippen LogP contribution in [0.4, 0.5) is 5.95 Å². The highest BCUT2D eigenvalue weighted by molar-refractivity contribution is 7.17. The average molecular weight is 474 g/mol. The van der Waals surface area contributed by atoms with E-state index in [4.69, 9.17) is 0 Å². The third-order valence-corrected chi connectivity index (χ3v) is 6.45. The molecular weight excluding hydrogens is 446 g/mol. The van der Waals surface area contributed by atoms with E-state index >= 15 is 0 Å². The second kappa shape index (κ2) is 10.5. The summed E-state index contributed by atoms with van der Waals surface area (Å²) >= 11 is 1.41. The number of H-pyrrole nitrogens is 1. The van der Waals surface area contributed by atoms with Crippen LogP contribution in [-0.4, -0.2) is 50.7 Å². The average Bonchev–Trinajstić information content (AvgIpc) is 3.56. The van der Waals surface area contributed by atoms with Crippen molar-refractivity contribution < 1.29 is 4.79 Å². The number of nitrogens with one attached hydrogen (secondary N) is 2. The first kappa shape index (κ1) is 23.4. The number of aromatic nitrogens is 4. The number of nitrogens with zero attached hydrogens (tertiary/aromatic N) is 5. The number of benzene rings is 1. The van der Waals surface area contributed by atoms with Gasteiger partial charge in [0.25, 0.3) is 5.91 Å². The van der Waals surface area contributed by atoms with E-state index in [2.05, 4.69) is 45.3 Å². The van der Waals surface area contributed by atoms with Crippen molar-refractivity contribution >= 4 is 34.2 Å².